The number of aromatic amines is 1. The number of rotatable bonds is 2. The Hall–Kier alpha value is -2.21. The van der Waals surface area contributed by atoms with Crippen molar-refractivity contribution in [3.63, 3.8) is 0 Å². The van der Waals surface area contributed by atoms with E-state index in [-0.39, 0.29) is 6.04 Å². The molecule has 1 fully saturated rings. The number of hydrogen-bond acceptors (Lipinski definition) is 5. The Morgan fingerprint density at radius 1 is 1.24 bits per heavy atom. The lowest BCUT2D eigenvalue weighted by Crippen LogP contribution is -2.43. The molecule has 0 spiro atoms. The molecule has 0 amide bonds. The summed E-state index contributed by atoms with van der Waals surface area (Å²) < 4.78 is 10.7. The van der Waals surface area contributed by atoms with Gasteiger partial charge in [-0.15, -0.1) is 0 Å². The van der Waals surface area contributed by atoms with Gasteiger partial charge in [0.25, 0.3) is 0 Å². The molecule has 2 aliphatic heterocycles. The molecule has 21 heavy (non-hydrogen) atoms. The number of nitrogens with one attached hydrogen (secondary N) is 1. The van der Waals surface area contributed by atoms with Crippen LogP contribution in [0.2, 0.25) is 0 Å². The van der Waals surface area contributed by atoms with E-state index in [9.17, 15) is 0 Å². The van der Waals surface area contributed by atoms with Gasteiger partial charge in [-0.1, -0.05) is 0 Å². The molecule has 2 aromatic rings. The molecule has 6 nitrogen and oxygen atoms in total. The Balaban J connectivity index is 1.59. The Morgan fingerprint density at radius 2 is 2.14 bits per heavy atom. The first-order chi connectivity index (χ1) is 10.3. The van der Waals surface area contributed by atoms with Crippen LogP contribution in [0.25, 0.3) is 11.3 Å². The normalized spacial score (nSPS) is 20.8. The summed E-state index contributed by atoms with van der Waals surface area (Å²) in [6.07, 6.45) is 2.21. The minimum absolute atomic E-state index is 0.240. The zero-order chi connectivity index (χ0) is 14.2. The number of H-pyrrole nitrogens is 1. The van der Waals surface area contributed by atoms with Gasteiger partial charge in [-0.2, -0.15) is 5.10 Å². The van der Waals surface area contributed by atoms with Crippen LogP contribution in [0.1, 0.15) is 12.8 Å². The third kappa shape index (κ3) is 2.31. The molecular formula is C15H18N4O2. The van der Waals surface area contributed by atoms with Crippen LogP contribution in [0.5, 0.6) is 11.5 Å². The van der Waals surface area contributed by atoms with Crippen molar-refractivity contribution in [2.45, 2.75) is 18.9 Å². The summed E-state index contributed by atoms with van der Waals surface area (Å²) in [4.78, 5) is 2.24. The predicted octanol–water partition coefficient (Wildman–Crippen LogP) is 1.73. The molecule has 0 radical (unpaired) electrons. The van der Waals surface area contributed by atoms with Crippen molar-refractivity contribution in [3.8, 4) is 22.8 Å². The average Bonchev–Trinajstić information content (AvgIpc) is 3.15. The summed E-state index contributed by atoms with van der Waals surface area (Å²) in [5, 5.41) is 7.51. The van der Waals surface area contributed by atoms with Crippen LogP contribution >= 0.6 is 0 Å². The molecule has 0 aliphatic carbocycles. The zero-order valence-corrected chi connectivity index (χ0v) is 11.7. The molecule has 3 heterocycles. The summed E-state index contributed by atoms with van der Waals surface area (Å²) in [6.45, 7) is 2.17. The van der Waals surface area contributed by atoms with E-state index in [1.165, 1.54) is 0 Å². The SMILES string of the molecule is NC1CCCN(c2cc(-c3ccc4c(c3)OCO4)[nH]n2)C1. The Bertz CT molecular complexity index is 655. The molecule has 110 valence electrons. The van der Waals surface area contributed by atoms with Crippen molar-refractivity contribution in [1.29, 1.82) is 0 Å². The van der Waals surface area contributed by atoms with Crippen LogP contribution in [0.15, 0.2) is 24.3 Å². The molecule has 6 heteroatoms. The highest BCUT2D eigenvalue weighted by molar-refractivity contribution is 5.67. The second-order valence-corrected chi connectivity index (χ2v) is 5.56. The van der Waals surface area contributed by atoms with Crippen molar-refractivity contribution < 1.29 is 9.47 Å². The van der Waals surface area contributed by atoms with Gasteiger partial charge in [0.05, 0.1) is 5.69 Å². The van der Waals surface area contributed by atoms with Crippen molar-refractivity contribution in [2.24, 2.45) is 5.73 Å². The van der Waals surface area contributed by atoms with Crippen LogP contribution in [0.4, 0.5) is 5.82 Å². The molecule has 2 aliphatic rings. The first kappa shape index (κ1) is 12.5. The minimum atomic E-state index is 0.240. The number of benzene rings is 1. The first-order valence-corrected chi connectivity index (χ1v) is 7.25. The van der Waals surface area contributed by atoms with Gasteiger partial charge in [0.2, 0.25) is 6.79 Å². The van der Waals surface area contributed by atoms with Crippen LogP contribution < -0.4 is 20.1 Å². The highest BCUT2D eigenvalue weighted by atomic mass is 16.7. The van der Waals surface area contributed by atoms with Crippen molar-refractivity contribution in [1.82, 2.24) is 10.2 Å². The maximum atomic E-state index is 6.03. The molecule has 4 rings (SSSR count). The summed E-state index contributed by atoms with van der Waals surface area (Å²) >= 11 is 0. The molecule has 0 bridgehead atoms. The van der Waals surface area contributed by atoms with Crippen LogP contribution in [-0.2, 0) is 0 Å². The van der Waals surface area contributed by atoms with Gasteiger partial charge in [0.15, 0.2) is 17.3 Å². The highest BCUT2D eigenvalue weighted by Crippen LogP contribution is 2.36. The van der Waals surface area contributed by atoms with E-state index >= 15 is 0 Å². The Kier molecular flexibility index (Phi) is 2.96. The smallest absolute Gasteiger partial charge is 0.231 e. The number of nitrogens with zero attached hydrogens (tertiary/aromatic N) is 2. The van der Waals surface area contributed by atoms with Gasteiger partial charge in [0.1, 0.15) is 0 Å². The lowest BCUT2D eigenvalue weighted by Gasteiger charge is -2.30. The van der Waals surface area contributed by atoms with Crippen molar-refractivity contribution in [2.75, 3.05) is 24.8 Å². The minimum Gasteiger partial charge on any atom is -0.454 e. The van der Waals surface area contributed by atoms with E-state index in [1.807, 2.05) is 18.2 Å². The third-order valence-corrected chi connectivity index (χ3v) is 4.03. The molecule has 1 atom stereocenters. The number of aromatic nitrogens is 2. The van der Waals surface area contributed by atoms with Gasteiger partial charge >= 0.3 is 0 Å². The zero-order valence-electron chi connectivity index (χ0n) is 11.7. The molecule has 3 N–H and O–H groups in total. The quantitative estimate of drug-likeness (QED) is 0.879. The second kappa shape index (κ2) is 4.96. The number of piperidine rings is 1. The molecule has 1 aromatic heterocycles. The van der Waals surface area contributed by atoms with E-state index in [4.69, 9.17) is 15.2 Å². The fourth-order valence-electron chi connectivity index (χ4n) is 2.90. The van der Waals surface area contributed by atoms with E-state index in [0.29, 0.717) is 6.79 Å². The lowest BCUT2D eigenvalue weighted by atomic mass is 10.1. The summed E-state index contributed by atoms with van der Waals surface area (Å²) in [5.74, 6) is 2.53. The number of nitrogens with two attached hydrogens (primary N) is 1. The van der Waals surface area contributed by atoms with Gasteiger partial charge in [-0.05, 0) is 31.0 Å². The molecular weight excluding hydrogens is 268 g/mol. The van der Waals surface area contributed by atoms with E-state index in [0.717, 1.165) is 54.5 Å². The Morgan fingerprint density at radius 3 is 3.05 bits per heavy atom. The van der Waals surface area contributed by atoms with Crippen molar-refractivity contribution in [3.05, 3.63) is 24.3 Å². The number of anilines is 1. The molecule has 1 saturated heterocycles. The first-order valence-electron chi connectivity index (χ1n) is 7.25. The lowest BCUT2D eigenvalue weighted by molar-refractivity contribution is 0.174. The summed E-state index contributed by atoms with van der Waals surface area (Å²) in [7, 11) is 0. The maximum Gasteiger partial charge on any atom is 0.231 e. The van der Waals surface area contributed by atoms with Crippen LogP contribution in [0, 0.1) is 0 Å². The fourth-order valence-corrected chi connectivity index (χ4v) is 2.90. The van der Waals surface area contributed by atoms with E-state index < -0.39 is 0 Å². The maximum absolute atomic E-state index is 6.03. The van der Waals surface area contributed by atoms with Crippen LogP contribution in [0.3, 0.4) is 0 Å². The highest BCUT2D eigenvalue weighted by Gasteiger charge is 2.20. The predicted molar refractivity (Wildman–Crippen MR) is 79.6 cm³/mol. The van der Waals surface area contributed by atoms with Gasteiger partial charge in [-0.3, -0.25) is 5.10 Å². The standard InChI is InChI=1S/C15H18N4O2/c16-11-2-1-5-19(8-11)15-7-12(17-18-15)10-3-4-13-14(6-10)21-9-20-13/h3-4,6-7,11H,1-2,5,8-9,16H2,(H,17,18). The molecule has 0 saturated carbocycles. The van der Waals surface area contributed by atoms with E-state index in [1.54, 1.807) is 0 Å². The average molecular weight is 286 g/mol. The largest absolute Gasteiger partial charge is 0.454 e. The number of fused-ring (bicyclic) bond motifs is 1. The monoisotopic (exact) mass is 286 g/mol. The number of hydrogen-bond donors (Lipinski definition) is 2. The Labute approximate surface area is 122 Å². The van der Waals surface area contributed by atoms with Gasteiger partial charge < -0.3 is 20.1 Å². The third-order valence-electron chi connectivity index (χ3n) is 4.03. The number of ether oxygens (including phenoxy) is 2. The summed E-state index contributed by atoms with van der Waals surface area (Å²) in [6, 6.07) is 8.21. The topological polar surface area (TPSA) is 76.4 Å². The summed E-state index contributed by atoms with van der Waals surface area (Å²) in [5.41, 5.74) is 8.05. The van der Waals surface area contributed by atoms with E-state index in [2.05, 4.69) is 21.2 Å². The van der Waals surface area contributed by atoms with Crippen molar-refractivity contribution >= 4 is 5.82 Å². The fraction of sp³-hybridized carbons (Fsp3) is 0.400. The molecule has 1 aromatic carbocycles. The van der Waals surface area contributed by atoms with Gasteiger partial charge in [0, 0.05) is 30.8 Å². The molecule has 1 unspecified atom stereocenters. The van der Waals surface area contributed by atoms with Gasteiger partial charge in [-0.25, -0.2) is 0 Å². The second-order valence-electron chi connectivity index (χ2n) is 5.56. The van der Waals surface area contributed by atoms with Crippen LogP contribution in [-0.4, -0.2) is 36.1 Å².